The Morgan fingerprint density at radius 3 is 2.19 bits per heavy atom. The molecule has 0 spiro atoms. The molecule has 0 aliphatic rings. The van der Waals surface area contributed by atoms with Crippen LogP contribution >= 0.6 is 0 Å². The highest BCUT2D eigenvalue weighted by Crippen LogP contribution is 1.78. The van der Waals surface area contributed by atoms with E-state index >= 15 is 0 Å². The lowest BCUT2D eigenvalue weighted by Gasteiger charge is -2.04. The van der Waals surface area contributed by atoms with E-state index in [1.54, 1.807) is 6.11 Å². The number of carboxylic acid groups (broad SMARTS) is 2. The Kier molecular flexibility index (Phi) is 10.2. The minimum absolute atomic E-state index is 0.326. The van der Waals surface area contributed by atoms with Gasteiger partial charge in [0, 0.05) is 0 Å². The summed E-state index contributed by atoms with van der Waals surface area (Å²) < 4.78 is 3.68. The lowest BCUT2D eigenvalue weighted by Crippen LogP contribution is -2.37. The molecule has 9 heteroatoms. The minimum atomic E-state index is -1.84. The van der Waals surface area contributed by atoms with Crippen LogP contribution in [0.25, 0.3) is 0 Å². The average molecular weight is 233 g/mol. The lowest BCUT2D eigenvalue weighted by atomic mass is 10.3. The summed E-state index contributed by atoms with van der Waals surface area (Å²) in [6.45, 7) is 1.05. The van der Waals surface area contributed by atoms with Gasteiger partial charge in [-0.25, -0.2) is 0 Å². The topological polar surface area (TPSA) is 136 Å². The van der Waals surface area contributed by atoms with Crippen molar-refractivity contribution in [1.82, 2.24) is 5.32 Å². The summed E-state index contributed by atoms with van der Waals surface area (Å²) in [5, 5.41) is 34.1. The monoisotopic (exact) mass is 233 g/mol. The summed E-state index contributed by atoms with van der Waals surface area (Å²) in [6.07, 6.45) is 6.00. The molecule has 5 N–H and O–H groups in total. The highest BCUT2D eigenvalue weighted by molar-refractivity contribution is 6.33. The predicted octanol–water partition coefficient (Wildman–Crippen LogP) is -2.30. The standard InChI is InChI=1S/C5H9NO4.C2H3BO3/c1-3(5(9)10)6-2-4(7)8;1-2-6-3(4)5/h3,6H,2H2,1H3,(H,7,8)(H,9,10);1,4-5H. The zero-order valence-corrected chi connectivity index (χ0v) is 8.45. The first-order valence-corrected chi connectivity index (χ1v) is 3.96. The number of terminal acetylenes is 1. The van der Waals surface area contributed by atoms with Gasteiger partial charge in [0.25, 0.3) is 0 Å². The predicted molar refractivity (Wildman–Crippen MR) is 52.8 cm³/mol. The molecule has 1 unspecified atom stereocenters. The van der Waals surface area contributed by atoms with Crippen LogP contribution in [-0.4, -0.2) is 52.1 Å². The smallest absolute Gasteiger partial charge is 0.480 e. The van der Waals surface area contributed by atoms with Crippen LogP contribution in [0.2, 0.25) is 0 Å². The van der Waals surface area contributed by atoms with Gasteiger partial charge in [0.2, 0.25) is 0 Å². The fourth-order valence-corrected chi connectivity index (χ4v) is 0.389. The van der Waals surface area contributed by atoms with Crippen molar-refractivity contribution in [3.8, 4) is 12.5 Å². The quantitative estimate of drug-likeness (QED) is 0.264. The molecule has 90 valence electrons. The van der Waals surface area contributed by atoms with Crippen molar-refractivity contribution in [2.75, 3.05) is 6.54 Å². The number of carboxylic acids is 2. The zero-order chi connectivity index (χ0) is 13.1. The first-order valence-electron chi connectivity index (χ1n) is 3.96. The second-order valence-electron chi connectivity index (χ2n) is 2.40. The van der Waals surface area contributed by atoms with Crippen LogP contribution in [0.1, 0.15) is 6.92 Å². The van der Waals surface area contributed by atoms with Gasteiger partial charge < -0.3 is 24.9 Å². The molecular formula is C7H12BNO7. The van der Waals surface area contributed by atoms with Gasteiger partial charge in [-0.2, -0.15) is 0 Å². The first kappa shape index (κ1) is 16.7. The molecule has 0 aromatic heterocycles. The molecule has 16 heavy (non-hydrogen) atoms. The van der Waals surface area contributed by atoms with Crippen LogP contribution in [0.15, 0.2) is 0 Å². The van der Waals surface area contributed by atoms with E-state index < -0.39 is 25.3 Å². The Hall–Kier alpha value is -1.76. The van der Waals surface area contributed by atoms with Gasteiger partial charge in [-0.15, -0.1) is 0 Å². The van der Waals surface area contributed by atoms with E-state index in [0.717, 1.165) is 0 Å². The Bertz CT molecular complexity index is 262. The lowest BCUT2D eigenvalue weighted by molar-refractivity contribution is -0.139. The maximum atomic E-state index is 10.1. The SMILES string of the molecule is C#COB(O)O.CC(NCC(=O)O)C(=O)O. The van der Waals surface area contributed by atoms with Gasteiger partial charge in [-0.1, -0.05) is 6.42 Å². The van der Waals surface area contributed by atoms with Gasteiger partial charge in [0.15, 0.2) is 0 Å². The maximum Gasteiger partial charge on any atom is 0.716 e. The fraction of sp³-hybridized carbons (Fsp3) is 0.429. The van der Waals surface area contributed by atoms with Crippen LogP contribution in [-0.2, 0) is 14.2 Å². The summed E-state index contributed by atoms with van der Waals surface area (Å²) in [5.74, 6) is -2.12. The summed E-state index contributed by atoms with van der Waals surface area (Å²) >= 11 is 0. The number of carbonyl (C=O) groups is 2. The van der Waals surface area contributed by atoms with Crippen LogP contribution in [0, 0.1) is 12.5 Å². The summed E-state index contributed by atoms with van der Waals surface area (Å²) in [6, 6.07) is -0.809. The number of hydrogen-bond donors (Lipinski definition) is 5. The van der Waals surface area contributed by atoms with E-state index in [2.05, 4.69) is 16.4 Å². The Labute approximate surface area is 92.0 Å². The van der Waals surface area contributed by atoms with E-state index in [-0.39, 0.29) is 6.54 Å². The molecule has 0 fully saturated rings. The van der Waals surface area contributed by atoms with Crippen molar-refractivity contribution in [2.24, 2.45) is 0 Å². The number of nitrogens with one attached hydrogen (secondary N) is 1. The molecule has 0 radical (unpaired) electrons. The molecule has 0 rings (SSSR count). The largest absolute Gasteiger partial charge is 0.716 e. The van der Waals surface area contributed by atoms with Gasteiger partial charge in [0.1, 0.15) is 6.04 Å². The van der Waals surface area contributed by atoms with Crippen LogP contribution in [0.3, 0.4) is 0 Å². The zero-order valence-electron chi connectivity index (χ0n) is 8.45. The van der Waals surface area contributed by atoms with Crippen LogP contribution in [0.5, 0.6) is 0 Å². The highest BCUT2D eigenvalue weighted by Gasteiger charge is 2.10. The van der Waals surface area contributed by atoms with Crippen LogP contribution < -0.4 is 5.32 Å². The number of hydrogen-bond acceptors (Lipinski definition) is 6. The number of aliphatic carboxylic acids is 2. The molecule has 8 nitrogen and oxygen atoms in total. The van der Waals surface area contributed by atoms with Crippen molar-refractivity contribution in [3.63, 3.8) is 0 Å². The van der Waals surface area contributed by atoms with Crippen molar-refractivity contribution in [2.45, 2.75) is 13.0 Å². The van der Waals surface area contributed by atoms with E-state index in [9.17, 15) is 9.59 Å². The third kappa shape index (κ3) is 14.8. The molecule has 0 amide bonds. The molecule has 0 aromatic rings. The second kappa shape index (κ2) is 9.79. The van der Waals surface area contributed by atoms with Crippen molar-refractivity contribution in [1.29, 1.82) is 0 Å². The Morgan fingerprint density at radius 2 is 2.00 bits per heavy atom. The van der Waals surface area contributed by atoms with Crippen molar-refractivity contribution >= 4 is 19.3 Å². The summed E-state index contributed by atoms with van der Waals surface area (Å²) in [5.41, 5.74) is 0. The molecule has 0 aliphatic heterocycles. The Morgan fingerprint density at radius 1 is 1.50 bits per heavy atom. The molecule has 0 aliphatic carbocycles. The average Bonchev–Trinajstić information content (AvgIpc) is 2.14. The third-order valence-electron chi connectivity index (χ3n) is 1.10. The second-order valence-corrected chi connectivity index (χ2v) is 2.40. The highest BCUT2D eigenvalue weighted by atomic mass is 16.6. The van der Waals surface area contributed by atoms with Gasteiger partial charge in [0.05, 0.1) is 12.7 Å². The van der Waals surface area contributed by atoms with Gasteiger partial charge >= 0.3 is 19.3 Å². The maximum absolute atomic E-state index is 10.1. The minimum Gasteiger partial charge on any atom is -0.480 e. The van der Waals surface area contributed by atoms with Gasteiger partial charge in [-0.3, -0.25) is 14.9 Å². The summed E-state index contributed by atoms with van der Waals surface area (Å²) in [7, 11) is -1.84. The molecule has 0 saturated heterocycles. The van der Waals surface area contributed by atoms with E-state index in [1.165, 1.54) is 6.92 Å². The fourth-order valence-electron chi connectivity index (χ4n) is 0.389. The normalized spacial score (nSPS) is 10.1. The van der Waals surface area contributed by atoms with E-state index in [1.807, 2.05) is 0 Å². The molecule has 0 heterocycles. The van der Waals surface area contributed by atoms with E-state index in [4.69, 9.17) is 20.3 Å². The summed E-state index contributed by atoms with van der Waals surface area (Å²) in [4.78, 5) is 19.9. The first-order chi connectivity index (χ1) is 7.31. The molecule has 0 bridgehead atoms. The molecule has 0 aromatic carbocycles. The van der Waals surface area contributed by atoms with Gasteiger partial charge in [-0.05, 0) is 6.92 Å². The molecule has 1 atom stereocenters. The van der Waals surface area contributed by atoms with Crippen molar-refractivity contribution < 1.29 is 34.5 Å². The molecule has 0 saturated carbocycles. The third-order valence-corrected chi connectivity index (χ3v) is 1.10. The molecular weight excluding hydrogens is 221 g/mol. The van der Waals surface area contributed by atoms with Crippen molar-refractivity contribution in [3.05, 3.63) is 0 Å². The Balaban J connectivity index is 0. The number of rotatable bonds is 5. The van der Waals surface area contributed by atoms with E-state index in [0.29, 0.717) is 0 Å². The van der Waals surface area contributed by atoms with Crippen LogP contribution in [0.4, 0.5) is 0 Å².